The Kier molecular flexibility index (Phi) is 6.88. The van der Waals surface area contributed by atoms with Crippen LogP contribution in [0.3, 0.4) is 0 Å². The maximum absolute atomic E-state index is 12.6. The number of aromatic nitrogens is 3. The molecule has 0 saturated carbocycles. The monoisotopic (exact) mass is 452 g/mol. The van der Waals surface area contributed by atoms with Crippen LogP contribution in [0.2, 0.25) is 0 Å². The third kappa shape index (κ3) is 5.67. The van der Waals surface area contributed by atoms with E-state index in [0.29, 0.717) is 22.4 Å². The summed E-state index contributed by atoms with van der Waals surface area (Å²) in [4.78, 5) is 23.7. The van der Waals surface area contributed by atoms with Gasteiger partial charge in [-0.25, -0.2) is 4.68 Å². The summed E-state index contributed by atoms with van der Waals surface area (Å²) >= 11 is 1.23. The van der Waals surface area contributed by atoms with Crippen LogP contribution in [0.15, 0.2) is 53.7 Å². The van der Waals surface area contributed by atoms with Gasteiger partial charge in [-0.05, 0) is 42.2 Å². The van der Waals surface area contributed by atoms with Gasteiger partial charge in [-0.2, -0.15) is 0 Å². The number of carbonyl (C=O) groups excluding carboxylic acids is 2. The van der Waals surface area contributed by atoms with Crippen LogP contribution in [-0.4, -0.2) is 31.9 Å². The Morgan fingerprint density at radius 3 is 2.06 bits per heavy atom. The summed E-state index contributed by atoms with van der Waals surface area (Å²) in [7, 11) is 0. The molecule has 1 atom stereocenters. The first-order valence-corrected chi connectivity index (χ1v) is 11.1. The highest BCUT2D eigenvalue weighted by atomic mass is 32.2. The molecule has 32 heavy (non-hydrogen) atoms. The highest BCUT2D eigenvalue weighted by Gasteiger charge is 2.21. The van der Waals surface area contributed by atoms with Crippen molar-refractivity contribution < 1.29 is 9.59 Å². The van der Waals surface area contributed by atoms with Crippen LogP contribution in [-0.2, 0) is 15.0 Å². The fourth-order valence-electron chi connectivity index (χ4n) is 2.97. The van der Waals surface area contributed by atoms with E-state index in [1.807, 2.05) is 12.1 Å². The van der Waals surface area contributed by atoms with Crippen LogP contribution in [0.4, 0.5) is 11.4 Å². The molecule has 2 aromatic carbocycles. The van der Waals surface area contributed by atoms with E-state index in [2.05, 4.69) is 53.7 Å². The average Bonchev–Trinajstić information content (AvgIpc) is 3.08. The van der Waals surface area contributed by atoms with Gasteiger partial charge in [-0.15, -0.1) is 10.2 Å². The predicted molar refractivity (Wildman–Crippen MR) is 129 cm³/mol. The average molecular weight is 453 g/mol. The molecule has 0 saturated heterocycles. The summed E-state index contributed by atoms with van der Waals surface area (Å²) in [6.45, 7) is 9.69. The molecule has 0 aliphatic heterocycles. The van der Waals surface area contributed by atoms with Crippen molar-refractivity contribution in [3.05, 3.63) is 54.1 Å². The van der Waals surface area contributed by atoms with Crippen molar-refractivity contribution >= 4 is 35.0 Å². The Labute approximate surface area is 192 Å². The number of rotatable bonds is 6. The van der Waals surface area contributed by atoms with E-state index >= 15 is 0 Å². The fourth-order valence-corrected chi connectivity index (χ4v) is 3.74. The first-order valence-electron chi connectivity index (χ1n) is 10.2. The fraction of sp³-hybridized carbons (Fsp3) is 0.304. The molecule has 1 aromatic heterocycles. The van der Waals surface area contributed by atoms with Crippen LogP contribution in [0.1, 0.15) is 40.2 Å². The molecule has 0 bridgehead atoms. The van der Waals surface area contributed by atoms with Gasteiger partial charge in [-0.3, -0.25) is 9.59 Å². The zero-order chi connectivity index (χ0) is 23.5. The van der Waals surface area contributed by atoms with E-state index in [1.54, 1.807) is 31.2 Å². The van der Waals surface area contributed by atoms with E-state index in [4.69, 9.17) is 5.84 Å². The van der Waals surface area contributed by atoms with Gasteiger partial charge in [0.05, 0.1) is 5.25 Å². The number of benzene rings is 2. The van der Waals surface area contributed by atoms with Gasteiger partial charge in [0.2, 0.25) is 17.0 Å². The highest BCUT2D eigenvalue weighted by molar-refractivity contribution is 8.00. The number of nitrogens with one attached hydrogen (secondary N) is 2. The van der Waals surface area contributed by atoms with Gasteiger partial charge in [0.25, 0.3) is 0 Å². The molecule has 3 rings (SSSR count). The predicted octanol–water partition coefficient (Wildman–Crippen LogP) is 4.03. The third-order valence-corrected chi connectivity index (χ3v) is 5.85. The van der Waals surface area contributed by atoms with Gasteiger partial charge >= 0.3 is 0 Å². The SMILES string of the molecule is CC(=O)Nc1ccc(NC(=O)C(C)Sc2nnc(-c3ccc(C(C)(C)C)cc3)n2N)cc1. The Morgan fingerprint density at radius 2 is 1.53 bits per heavy atom. The lowest BCUT2D eigenvalue weighted by atomic mass is 9.87. The van der Waals surface area contributed by atoms with Crippen LogP contribution in [0, 0.1) is 0 Å². The van der Waals surface area contributed by atoms with E-state index in [9.17, 15) is 9.59 Å². The Morgan fingerprint density at radius 1 is 0.969 bits per heavy atom. The molecule has 8 nitrogen and oxygen atoms in total. The van der Waals surface area contributed by atoms with Crippen LogP contribution < -0.4 is 16.5 Å². The minimum Gasteiger partial charge on any atom is -0.335 e. The Balaban J connectivity index is 1.65. The molecular weight excluding hydrogens is 424 g/mol. The summed E-state index contributed by atoms with van der Waals surface area (Å²) in [5.74, 6) is 6.41. The Hall–Kier alpha value is -3.33. The molecule has 1 heterocycles. The van der Waals surface area contributed by atoms with Crippen molar-refractivity contribution in [1.29, 1.82) is 0 Å². The quantitative estimate of drug-likeness (QED) is 0.384. The molecule has 0 aliphatic rings. The normalized spacial score (nSPS) is 12.3. The van der Waals surface area contributed by atoms with Gasteiger partial charge in [0.1, 0.15) is 0 Å². The zero-order valence-electron chi connectivity index (χ0n) is 18.8. The van der Waals surface area contributed by atoms with Crippen molar-refractivity contribution in [1.82, 2.24) is 14.9 Å². The number of carbonyl (C=O) groups is 2. The molecule has 0 radical (unpaired) electrons. The van der Waals surface area contributed by atoms with E-state index < -0.39 is 5.25 Å². The molecule has 0 aliphatic carbocycles. The summed E-state index contributed by atoms with van der Waals surface area (Å²) in [5, 5.41) is 13.9. The van der Waals surface area contributed by atoms with E-state index in [0.717, 1.165) is 5.56 Å². The summed E-state index contributed by atoms with van der Waals surface area (Å²) in [5.41, 5.74) is 3.43. The second-order valence-electron chi connectivity index (χ2n) is 8.51. The minimum atomic E-state index is -0.451. The van der Waals surface area contributed by atoms with Crippen molar-refractivity contribution in [2.45, 2.75) is 50.4 Å². The molecule has 9 heteroatoms. The summed E-state index contributed by atoms with van der Waals surface area (Å²) in [6.07, 6.45) is 0. The highest BCUT2D eigenvalue weighted by Crippen LogP contribution is 2.28. The number of anilines is 2. The van der Waals surface area contributed by atoms with Gasteiger partial charge in [0.15, 0.2) is 5.82 Å². The van der Waals surface area contributed by atoms with Crippen molar-refractivity contribution in [3.8, 4) is 11.4 Å². The van der Waals surface area contributed by atoms with Crippen LogP contribution in [0.25, 0.3) is 11.4 Å². The first-order chi connectivity index (χ1) is 15.0. The van der Waals surface area contributed by atoms with E-state index in [1.165, 1.54) is 28.9 Å². The second-order valence-corrected chi connectivity index (χ2v) is 9.82. The van der Waals surface area contributed by atoms with Crippen molar-refractivity contribution in [2.75, 3.05) is 16.5 Å². The number of hydrogen-bond acceptors (Lipinski definition) is 6. The number of hydrogen-bond donors (Lipinski definition) is 3. The second kappa shape index (κ2) is 9.44. The van der Waals surface area contributed by atoms with Gasteiger partial charge in [0, 0.05) is 23.9 Å². The molecule has 2 amide bonds. The summed E-state index contributed by atoms with van der Waals surface area (Å²) in [6, 6.07) is 15.0. The van der Waals surface area contributed by atoms with Crippen molar-refractivity contribution in [2.24, 2.45) is 0 Å². The van der Waals surface area contributed by atoms with Crippen molar-refractivity contribution in [3.63, 3.8) is 0 Å². The topological polar surface area (TPSA) is 115 Å². The van der Waals surface area contributed by atoms with Crippen LogP contribution >= 0.6 is 11.8 Å². The molecular formula is C23H28N6O2S. The van der Waals surface area contributed by atoms with Gasteiger partial charge < -0.3 is 16.5 Å². The molecule has 0 spiro atoms. The maximum atomic E-state index is 12.6. The van der Waals surface area contributed by atoms with Crippen LogP contribution in [0.5, 0.6) is 0 Å². The smallest absolute Gasteiger partial charge is 0.237 e. The first kappa shape index (κ1) is 23.3. The lowest BCUT2D eigenvalue weighted by Gasteiger charge is -2.19. The molecule has 168 valence electrons. The lowest BCUT2D eigenvalue weighted by molar-refractivity contribution is -0.115. The number of amides is 2. The molecule has 0 fully saturated rings. The third-order valence-electron chi connectivity index (χ3n) is 4.80. The number of nitrogen functional groups attached to an aromatic ring is 1. The minimum absolute atomic E-state index is 0.0585. The number of nitrogens with zero attached hydrogens (tertiary/aromatic N) is 3. The molecule has 3 aromatic rings. The molecule has 1 unspecified atom stereocenters. The lowest BCUT2D eigenvalue weighted by Crippen LogP contribution is -2.23. The number of nitrogens with two attached hydrogens (primary N) is 1. The number of thioether (sulfide) groups is 1. The zero-order valence-corrected chi connectivity index (χ0v) is 19.7. The Bertz CT molecular complexity index is 1100. The van der Waals surface area contributed by atoms with E-state index in [-0.39, 0.29) is 17.2 Å². The summed E-state index contributed by atoms with van der Waals surface area (Å²) < 4.78 is 1.41. The molecule has 4 N–H and O–H groups in total. The van der Waals surface area contributed by atoms with Gasteiger partial charge in [-0.1, -0.05) is 56.8 Å². The largest absolute Gasteiger partial charge is 0.335 e. The standard InChI is InChI=1S/C23H28N6O2S/c1-14(21(31)26-19-12-10-18(11-13-19)25-15(2)30)32-22-28-27-20(29(22)24)16-6-8-17(9-7-16)23(3,4)5/h6-14H,24H2,1-5H3,(H,25,30)(H,26,31). The maximum Gasteiger partial charge on any atom is 0.237 e.